The molecule has 0 bridgehead atoms. The summed E-state index contributed by atoms with van der Waals surface area (Å²) in [6, 6.07) is 6.70. The first-order chi connectivity index (χ1) is 10.3. The van der Waals surface area contributed by atoms with Gasteiger partial charge >= 0.3 is 0 Å². The van der Waals surface area contributed by atoms with Gasteiger partial charge in [0.25, 0.3) is 15.7 Å². The summed E-state index contributed by atoms with van der Waals surface area (Å²) in [6.45, 7) is 0. The molecule has 0 radical (unpaired) electrons. The average molecular weight is 341 g/mol. The summed E-state index contributed by atoms with van der Waals surface area (Å²) in [7, 11) is -2.49. The van der Waals surface area contributed by atoms with E-state index in [1.54, 1.807) is 0 Å². The lowest BCUT2D eigenvalue weighted by Gasteiger charge is -2.23. The van der Waals surface area contributed by atoms with Gasteiger partial charge in [0.05, 0.1) is 28.7 Å². The third-order valence-electron chi connectivity index (χ3n) is 3.28. The van der Waals surface area contributed by atoms with Gasteiger partial charge < -0.3 is 4.74 Å². The van der Waals surface area contributed by atoms with Crippen molar-refractivity contribution in [3.8, 4) is 16.9 Å². The molecule has 114 valence electrons. The number of nitrogens with zero attached hydrogens (tertiary/aromatic N) is 1. The summed E-state index contributed by atoms with van der Waals surface area (Å²) in [4.78, 5) is 10.5. The van der Waals surface area contributed by atoms with Crippen LogP contribution in [-0.4, -0.2) is 20.5 Å². The van der Waals surface area contributed by atoms with E-state index in [1.165, 1.54) is 31.4 Å². The first kappa shape index (κ1) is 14.6. The van der Waals surface area contributed by atoms with E-state index in [9.17, 15) is 18.5 Å². The number of rotatable bonds is 2. The number of methoxy groups -OCH3 is 1. The number of ether oxygens (including phenoxy) is 1. The molecule has 3 rings (SSSR count). The third kappa shape index (κ3) is 2.16. The SMILES string of the molecule is COc1cc([N+](=O)[O-])cc2c1NS(=O)(=O)c1ccc(Cl)cc1-2. The molecule has 1 aliphatic heterocycles. The zero-order chi connectivity index (χ0) is 16.1. The molecule has 0 unspecified atom stereocenters. The molecule has 0 amide bonds. The standard InChI is InChI=1S/C13H9ClN2O5S/c1-21-11-6-8(16(17)18)5-10-9-4-7(14)2-3-12(9)22(19,20)15-13(10)11/h2-6,15H,1H3. The number of nitrogens with one attached hydrogen (secondary N) is 1. The molecule has 0 saturated carbocycles. The fourth-order valence-corrected chi connectivity index (χ4v) is 3.79. The number of nitro benzene ring substituents is 1. The van der Waals surface area contributed by atoms with Crippen molar-refractivity contribution in [2.75, 3.05) is 11.8 Å². The number of halogens is 1. The van der Waals surface area contributed by atoms with Crippen molar-refractivity contribution in [3.05, 3.63) is 45.5 Å². The van der Waals surface area contributed by atoms with E-state index in [1.807, 2.05) is 0 Å². The molecule has 0 spiro atoms. The van der Waals surface area contributed by atoms with E-state index in [-0.39, 0.29) is 22.0 Å². The van der Waals surface area contributed by atoms with Crippen LogP contribution in [0.15, 0.2) is 35.2 Å². The van der Waals surface area contributed by atoms with Gasteiger partial charge in [-0.25, -0.2) is 8.42 Å². The van der Waals surface area contributed by atoms with Gasteiger partial charge in [0, 0.05) is 22.2 Å². The van der Waals surface area contributed by atoms with Gasteiger partial charge in [0.1, 0.15) is 5.75 Å². The molecule has 0 aromatic heterocycles. The largest absolute Gasteiger partial charge is 0.494 e. The molecule has 2 aromatic carbocycles. The maximum atomic E-state index is 12.3. The van der Waals surface area contributed by atoms with Crippen LogP contribution in [0.5, 0.6) is 5.75 Å². The van der Waals surface area contributed by atoms with Gasteiger partial charge in [-0.2, -0.15) is 0 Å². The molecule has 1 N–H and O–H groups in total. The van der Waals surface area contributed by atoms with Crippen LogP contribution >= 0.6 is 11.6 Å². The van der Waals surface area contributed by atoms with Crippen LogP contribution in [0.1, 0.15) is 0 Å². The van der Waals surface area contributed by atoms with Crippen LogP contribution < -0.4 is 9.46 Å². The van der Waals surface area contributed by atoms with Gasteiger partial charge in [-0.3, -0.25) is 14.8 Å². The maximum Gasteiger partial charge on any atom is 0.273 e. The van der Waals surface area contributed by atoms with Gasteiger partial charge in [0.15, 0.2) is 0 Å². The zero-order valence-electron chi connectivity index (χ0n) is 11.2. The van der Waals surface area contributed by atoms with Gasteiger partial charge in [-0.1, -0.05) is 11.6 Å². The molecular formula is C13H9ClN2O5S. The molecule has 0 fully saturated rings. The molecule has 9 heteroatoms. The topological polar surface area (TPSA) is 98.5 Å². The minimum absolute atomic E-state index is 0.00644. The molecule has 22 heavy (non-hydrogen) atoms. The highest BCUT2D eigenvalue weighted by molar-refractivity contribution is 7.93. The van der Waals surface area contributed by atoms with Crippen molar-refractivity contribution in [1.82, 2.24) is 0 Å². The molecule has 1 aliphatic rings. The van der Waals surface area contributed by atoms with Crippen molar-refractivity contribution in [2.24, 2.45) is 0 Å². The molecule has 0 saturated heterocycles. The molecular weight excluding hydrogens is 332 g/mol. The monoisotopic (exact) mass is 340 g/mol. The van der Waals surface area contributed by atoms with E-state index < -0.39 is 14.9 Å². The van der Waals surface area contributed by atoms with E-state index in [2.05, 4.69) is 4.72 Å². The van der Waals surface area contributed by atoms with Gasteiger partial charge in [-0.05, 0) is 18.2 Å². The van der Waals surface area contributed by atoms with E-state index in [4.69, 9.17) is 16.3 Å². The zero-order valence-corrected chi connectivity index (χ0v) is 12.7. The number of benzene rings is 2. The van der Waals surface area contributed by atoms with Crippen LogP contribution in [0.25, 0.3) is 11.1 Å². The van der Waals surface area contributed by atoms with E-state index >= 15 is 0 Å². The van der Waals surface area contributed by atoms with Crippen molar-refractivity contribution >= 4 is 33.0 Å². The lowest BCUT2D eigenvalue weighted by molar-refractivity contribution is -0.384. The fourth-order valence-electron chi connectivity index (χ4n) is 2.32. The first-order valence-electron chi connectivity index (χ1n) is 6.02. The molecule has 0 aliphatic carbocycles. The highest BCUT2D eigenvalue weighted by Crippen LogP contribution is 2.46. The van der Waals surface area contributed by atoms with Crippen LogP contribution in [0, 0.1) is 10.1 Å². The summed E-state index contributed by atoms with van der Waals surface area (Å²) >= 11 is 5.93. The Balaban J connectivity index is 2.42. The Morgan fingerprint density at radius 1 is 1.23 bits per heavy atom. The highest BCUT2D eigenvalue weighted by Gasteiger charge is 2.31. The third-order valence-corrected chi connectivity index (χ3v) is 4.92. The summed E-state index contributed by atoms with van der Waals surface area (Å²) in [5.41, 5.74) is 0.590. The highest BCUT2D eigenvalue weighted by atomic mass is 35.5. The molecule has 0 atom stereocenters. The predicted octanol–water partition coefficient (Wildman–Crippen LogP) is 3.04. The minimum Gasteiger partial charge on any atom is -0.494 e. The molecule has 2 aromatic rings. The lowest BCUT2D eigenvalue weighted by Crippen LogP contribution is -2.19. The number of hydrogen-bond acceptors (Lipinski definition) is 5. The van der Waals surface area contributed by atoms with Crippen LogP contribution in [-0.2, 0) is 10.0 Å². The summed E-state index contributed by atoms with van der Waals surface area (Å²) < 4.78 is 32.0. The summed E-state index contributed by atoms with van der Waals surface area (Å²) in [5, 5.41) is 11.4. The Hall–Kier alpha value is -2.32. The van der Waals surface area contributed by atoms with Crippen molar-refractivity contribution in [1.29, 1.82) is 0 Å². The summed E-state index contributed by atoms with van der Waals surface area (Å²) in [5.74, 6) is 0.0680. The lowest BCUT2D eigenvalue weighted by atomic mass is 10.0. The number of sulfonamides is 1. The maximum absolute atomic E-state index is 12.3. The number of hydrogen-bond donors (Lipinski definition) is 1. The predicted molar refractivity (Wildman–Crippen MR) is 80.9 cm³/mol. The molecule has 7 nitrogen and oxygen atoms in total. The van der Waals surface area contributed by atoms with Crippen molar-refractivity contribution < 1.29 is 18.1 Å². The smallest absolute Gasteiger partial charge is 0.273 e. The normalized spacial score (nSPS) is 14.5. The van der Waals surface area contributed by atoms with Gasteiger partial charge in [-0.15, -0.1) is 0 Å². The minimum atomic E-state index is -3.80. The van der Waals surface area contributed by atoms with Crippen molar-refractivity contribution in [3.63, 3.8) is 0 Å². The Kier molecular flexibility index (Phi) is 3.22. The Morgan fingerprint density at radius 2 is 1.95 bits per heavy atom. The average Bonchev–Trinajstić information content (AvgIpc) is 2.45. The number of non-ortho nitro benzene ring substituents is 1. The number of fused-ring (bicyclic) bond motifs is 3. The van der Waals surface area contributed by atoms with Crippen LogP contribution in [0.3, 0.4) is 0 Å². The molecule has 1 heterocycles. The Bertz CT molecular complexity index is 911. The Morgan fingerprint density at radius 3 is 2.59 bits per heavy atom. The Labute approximate surface area is 130 Å². The fraction of sp³-hybridized carbons (Fsp3) is 0.0769. The summed E-state index contributed by atoms with van der Waals surface area (Å²) in [6.07, 6.45) is 0. The second-order valence-electron chi connectivity index (χ2n) is 4.57. The second kappa shape index (κ2) is 4.85. The van der Waals surface area contributed by atoms with E-state index in [0.717, 1.165) is 6.07 Å². The number of anilines is 1. The van der Waals surface area contributed by atoms with E-state index in [0.29, 0.717) is 16.1 Å². The number of nitro groups is 1. The first-order valence-corrected chi connectivity index (χ1v) is 7.89. The van der Waals surface area contributed by atoms with Gasteiger partial charge in [0.2, 0.25) is 0 Å². The van der Waals surface area contributed by atoms with Crippen LogP contribution in [0.2, 0.25) is 5.02 Å². The quantitative estimate of drug-likeness (QED) is 0.669. The van der Waals surface area contributed by atoms with Crippen LogP contribution in [0.4, 0.5) is 11.4 Å². The second-order valence-corrected chi connectivity index (χ2v) is 6.66. The van der Waals surface area contributed by atoms with Crippen molar-refractivity contribution in [2.45, 2.75) is 4.90 Å².